The van der Waals surface area contributed by atoms with Crippen molar-refractivity contribution in [2.75, 3.05) is 7.05 Å². The van der Waals surface area contributed by atoms with E-state index >= 15 is 0 Å². The van der Waals surface area contributed by atoms with Crippen LogP contribution in [0.4, 0.5) is 0 Å². The Balaban J connectivity index is 1.53. The molecule has 0 fully saturated rings. The second-order valence-electron chi connectivity index (χ2n) is 5.48. The number of H-pyrrole nitrogens is 2. The Kier molecular flexibility index (Phi) is 4.93. The van der Waals surface area contributed by atoms with Gasteiger partial charge < -0.3 is 4.42 Å². The Hall–Kier alpha value is -3.03. The van der Waals surface area contributed by atoms with E-state index in [9.17, 15) is 8.42 Å². The molecule has 0 bridgehead atoms. The van der Waals surface area contributed by atoms with Crippen molar-refractivity contribution in [2.24, 2.45) is 0 Å². The van der Waals surface area contributed by atoms with Gasteiger partial charge in [0.1, 0.15) is 5.76 Å². The summed E-state index contributed by atoms with van der Waals surface area (Å²) >= 11 is 1.35. The number of benzene rings is 1. The smallest absolute Gasteiger partial charge is 0.240 e. The highest BCUT2D eigenvalue weighted by Crippen LogP contribution is 2.29. The van der Waals surface area contributed by atoms with Crippen molar-refractivity contribution in [1.29, 1.82) is 0 Å². The van der Waals surface area contributed by atoms with Crippen molar-refractivity contribution < 1.29 is 12.8 Å². The lowest BCUT2D eigenvalue weighted by molar-refractivity contribution is 0.587. The summed E-state index contributed by atoms with van der Waals surface area (Å²) in [5.41, 5.74) is 0.633. The molecule has 0 saturated heterocycles. The van der Waals surface area contributed by atoms with E-state index in [0.29, 0.717) is 39.6 Å². The standard InChI is InChI=1S/C15H14N8O3S2/c1-16-28(24,25)10-4-2-3-9(7-10)11-5-6-12(26-11)14-17-15(21-20-14)27-8-13-18-22-23-19-13/h2-7,16H,8H2,1H3,(H,17,20,21)(H,18,19,22,23). The zero-order chi connectivity index (χ0) is 19.6. The lowest BCUT2D eigenvalue weighted by Gasteiger charge is -2.04. The molecule has 4 aromatic rings. The van der Waals surface area contributed by atoms with Gasteiger partial charge in [-0.05, 0) is 31.3 Å². The number of sulfonamides is 1. The average Bonchev–Trinajstić information content (AvgIpc) is 3.47. The molecule has 144 valence electrons. The summed E-state index contributed by atoms with van der Waals surface area (Å²) in [6.45, 7) is 0. The lowest BCUT2D eigenvalue weighted by Crippen LogP contribution is -2.18. The molecular weight excluding hydrogens is 404 g/mol. The van der Waals surface area contributed by atoms with Crippen molar-refractivity contribution in [3.63, 3.8) is 0 Å². The van der Waals surface area contributed by atoms with E-state index in [2.05, 4.69) is 40.5 Å². The normalized spacial score (nSPS) is 11.8. The molecular formula is C15H14N8O3S2. The van der Waals surface area contributed by atoms with Crippen LogP contribution in [-0.2, 0) is 15.8 Å². The molecule has 0 saturated carbocycles. The van der Waals surface area contributed by atoms with Crippen LogP contribution in [0.2, 0.25) is 0 Å². The Morgan fingerprint density at radius 3 is 2.82 bits per heavy atom. The van der Waals surface area contributed by atoms with Crippen molar-refractivity contribution in [2.45, 2.75) is 15.8 Å². The second-order valence-corrected chi connectivity index (χ2v) is 8.31. The first kappa shape index (κ1) is 18.3. The molecule has 0 aliphatic carbocycles. The molecule has 4 rings (SSSR count). The van der Waals surface area contributed by atoms with Crippen LogP contribution in [0.3, 0.4) is 0 Å². The molecule has 0 spiro atoms. The maximum Gasteiger partial charge on any atom is 0.240 e. The number of hydrogen-bond acceptors (Lipinski definition) is 9. The van der Waals surface area contributed by atoms with Crippen LogP contribution in [0.25, 0.3) is 22.9 Å². The predicted octanol–water partition coefficient (Wildman–Crippen LogP) is 1.45. The fraction of sp³-hybridized carbons (Fsp3) is 0.133. The highest BCUT2D eigenvalue weighted by Gasteiger charge is 2.15. The van der Waals surface area contributed by atoms with Crippen molar-refractivity contribution in [3.8, 4) is 22.9 Å². The molecule has 0 aliphatic heterocycles. The number of aromatic amines is 2. The van der Waals surface area contributed by atoms with Crippen molar-refractivity contribution >= 4 is 21.8 Å². The molecule has 0 amide bonds. The van der Waals surface area contributed by atoms with Gasteiger partial charge in [-0.25, -0.2) is 13.1 Å². The maximum atomic E-state index is 12.0. The van der Waals surface area contributed by atoms with Gasteiger partial charge in [-0.1, -0.05) is 29.1 Å². The third-order valence-corrected chi connectivity index (χ3v) is 5.98. The molecule has 0 atom stereocenters. The summed E-state index contributed by atoms with van der Waals surface area (Å²) in [5, 5.41) is 21.1. The lowest BCUT2D eigenvalue weighted by atomic mass is 10.2. The van der Waals surface area contributed by atoms with Crippen LogP contribution in [0.1, 0.15) is 5.82 Å². The first-order valence-corrected chi connectivity index (χ1v) is 10.4. The van der Waals surface area contributed by atoms with E-state index in [1.807, 2.05) is 0 Å². The van der Waals surface area contributed by atoms with Crippen LogP contribution < -0.4 is 4.72 Å². The Morgan fingerprint density at radius 2 is 2.04 bits per heavy atom. The van der Waals surface area contributed by atoms with E-state index in [1.165, 1.54) is 24.9 Å². The summed E-state index contributed by atoms with van der Waals surface area (Å²) in [5.74, 6) is 2.48. The third kappa shape index (κ3) is 3.81. The minimum Gasteiger partial charge on any atom is -0.453 e. The van der Waals surface area contributed by atoms with E-state index < -0.39 is 10.0 Å². The number of nitrogens with zero attached hydrogens (tertiary/aromatic N) is 5. The number of aromatic nitrogens is 7. The number of tetrazole rings is 1. The van der Waals surface area contributed by atoms with Gasteiger partial charge in [-0.15, -0.1) is 15.3 Å². The molecule has 3 N–H and O–H groups in total. The van der Waals surface area contributed by atoms with Gasteiger partial charge >= 0.3 is 0 Å². The van der Waals surface area contributed by atoms with Gasteiger partial charge in [-0.2, -0.15) is 10.2 Å². The number of hydrogen-bond donors (Lipinski definition) is 3. The predicted molar refractivity (Wildman–Crippen MR) is 99.5 cm³/mol. The molecule has 28 heavy (non-hydrogen) atoms. The third-order valence-electron chi connectivity index (χ3n) is 3.72. The van der Waals surface area contributed by atoms with Crippen LogP contribution in [0.15, 0.2) is 50.9 Å². The second kappa shape index (κ2) is 7.53. The summed E-state index contributed by atoms with van der Waals surface area (Å²) in [6.07, 6.45) is 0. The van der Waals surface area contributed by atoms with Crippen molar-refractivity contribution in [1.82, 2.24) is 40.5 Å². The molecule has 11 nitrogen and oxygen atoms in total. The van der Waals surface area contributed by atoms with E-state index in [4.69, 9.17) is 4.42 Å². The quantitative estimate of drug-likeness (QED) is 0.378. The molecule has 0 aliphatic rings. The van der Waals surface area contributed by atoms with E-state index in [0.717, 1.165) is 0 Å². The summed E-state index contributed by atoms with van der Waals surface area (Å²) in [7, 11) is -2.17. The highest BCUT2D eigenvalue weighted by atomic mass is 32.2. The zero-order valence-electron chi connectivity index (χ0n) is 14.4. The van der Waals surface area contributed by atoms with Gasteiger partial charge in [0.25, 0.3) is 0 Å². The monoisotopic (exact) mass is 418 g/mol. The largest absolute Gasteiger partial charge is 0.453 e. The average molecular weight is 418 g/mol. The highest BCUT2D eigenvalue weighted by molar-refractivity contribution is 7.98. The summed E-state index contributed by atoms with van der Waals surface area (Å²) < 4.78 is 32.1. The zero-order valence-corrected chi connectivity index (χ0v) is 16.1. The maximum absolute atomic E-state index is 12.0. The van der Waals surface area contributed by atoms with E-state index in [-0.39, 0.29) is 4.90 Å². The van der Waals surface area contributed by atoms with Crippen LogP contribution in [0.5, 0.6) is 0 Å². The Bertz CT molecular complexity index is 1180. The summed E-state index contributed by atoms with van der Waals surface area (Å²) in [6, 6.07) is 9.97. The van der Waals surface area contributed by atoms with Gasteiger partial charge in [0.2, 0.25) is 15.2 Å². The Labute approximate surface area is 163 Å². The molecule has 13 heteroatoms. The number of rotatable bonds is 7. The first-order chi connectivity index (χ1) is 13.5. The molecule has 3 aromatic heterocycles. The van der Waals surface area contributed by atoms with Gasteiger partial charge in [0, 0.05) is 5.56 Å². The number of furan rings is 1. The minimum atomic E-state index is -3.54. The first-order valence-electron chi connectivity index (χ1n) is 7.97. The molecule has 0 unspecified atom stereocenters. The molecule has 3 heterocycles. The molecule has 0 radical (unpaired) electrons. The van der Waals surface area contributed by atoms with Crippen molar-refractivity contribution in [3.05, 3.63) is 42.2 Å². The molecule has 1 aromatic carbocycles. The fourth-order valence-corrected chi connectivity index (χ4v) is 3.77. The van der Waals surface area contributed by atoms with Gasteiger partial charge in [-0.3, -0.25) is 5.10 Å². The minimum absolute atomic E-state index is 0.158. The van der Waals surface area contributed by atoms with Crippen LogP contribution >= 0.6 is 11.8 Å². The Morgan fingerprint density at radius 1 is 1.18 bits per heavy atom. The SMILES string of the molecule is CNS(=O)(=O)c1cccc(-c2ccc(-c3nc(SCc4nn[nH]n4)n[nH]3)o2)c1. The number of nitrogens with one attached hydrogen (secondary N) is 3. The van der Waals surface area contributed by atoms with Gasteiger partial charge in [0.05, 0.1) is 10.6 Å². The van der Waals surface area contributed by atoms with E-state index in [1.54, 1.807) is 30.3 Å². The fourth-order valence-electron chi connectivity index (χ4n) is 2.35. The number of thioether (sulfide) groups is 1. The topological polar surface area (TPSA) is 155 Å². The van der Waals surface area contributed by atoms with Gasteiger partial charge in [0.15, 0.2) is 17.4 Å². The van der Waals surface area contributed by atoms with Crippen LogP contribution in [0, 0.1) is 0 Å². The van der Waals surface area contributed by atoms with Crippen LogP contribution in [-0.4, -0.2) is 51.3 Å². The summed E-state index contributed by atoms with van der Waals surface area (Å²) in [4.78, 5) is 4.53.